The van der Waals surface area contributed by atoms with Crippen molar-refractivity contribution in [1.29, 1.82) is 0 Å². The molecule has 0 radical (unpaired) electrons. The van der Waals surface area contributed by atoms with Crippen LogP contribution in [0.5, 0.6) is 0 Å². The SMILES string of the molecule is CCC=C=C(F)C1CCCCC1. The van der Waals surface area contributed by atoms with Crippen LogP contribution in [-0.4, -0.2) is 0 Å². The van der Waals surface area contributed by atoms with E-state index in [1.807, 2.05) is 6.92 Å². The highest BCUT2D eigenvalue weighted by Crippen LogP contribution is 2.29. The summed E-state index contributed by atoms with van der Waals surface area (Å²) in [6.07, 6.45) is 8.36. The van der Waals surface area contributed by atoms with E-state index in [4.69, 9.17) is 0 Å². The molecule has 0 aliphatic heterocycles. The molecule has 1 fully saturated rings. The summed E-state index contributed by atoms with van der Waals surface area (Å²) in [7, 11) is 0. The Morgan fingerprint density at radius 2 is 2.08 bits per heavy atom. The van der Waals surface area contributed by atoms with Crippen LogP contribution < -0.4 is 0 Å². The maximum Gasteiger partial charge on any atom is 0.145 e. The normalized spacial score (nSPS) is 18.5. The molecule has 0 spiro atoms. The molecule has 1 saturated carbocycles. The number of halogens is 1. The molecule has 0 heterocycles. The predicted molar refractivity (Wildman–Crippen MR) is 49.6 cm³/mol. The summed E-state index contributed by atoms with van der Waals surface area (Å²) in [6.45, 7) is 2.00. The van der Waals surface area contributed by atoms with Crippen LogP contribution in [0.1, 0.15) is 45.4 Å². The van der Waals surface area contributed by atoms with E-state index in [1.165, 1.54) is 19.3 Å². The van der Waals surface area contributed by atoms with E-state index in [-0.39, 0.29) is 11.7 Å². The van der Waals surface area contributed by atoms with Gasteiger partial charge in [0.1, 0.15) is 5.83 Å². The molecule has 0 bridgehead atoms. The largest absolute Gasteiger partial charge is 0.202 e. The molecule has 0 amide bonds. The number of rotatable bonds is 2. The second kappa shape index (κ2) is 5.16. The lowest BCUT2D eigenvalue weighted by atomic mass is 9.88. The second-order valence-corrected chi connectivity index (χ2v) is 3.44. The van der Waals surface area contributed by atoms with E-state index in [0.717, 1.165) is 19.3 Å². The van der Waals surface area contributed by atoms with Crippen LogP contribution >= 0.6 is 0 Å². The molecular weight excluding hydrogens is 151 g/mol. The van der Waals surface area contributed by atoms with Crippen LogP contribution in [0.25, 0.3) is 0 Å². The lowest BCUT2D eigenvalue weighted by Crippen LogP contribution is -2.05. The highest BCUT2D eigenvalue weighted by Gasteiger charge is 2.16. The molecule has 0 atom stereocenters. The highest BCUT2D eigenvalue weighted by molar-refractivity contribution is 4.98. The van der Waals surface area contributed by atoms with Crippen molar-refractivity contribution in [3.63, 3.8) is 0 Å². The Bertz CT molecular complexity index is 181. The first-order valence-corrected chi connectivity index (χ1v) is 4.95. The molecule has 12 heavy (non-hydrogen) atoms. The highest BCUT2D eigenvalue weighted by atomic mass is 19.1. The van der Waals surface area contributed by atoms with Crippen LogP contribution in [0, 0.1) is 5.92 Å². The summed E-state index contributed by atoms with van der Waals surface area (Å²) < 4.78 is 13.2. The zero-order valence-corrected chi connectivity index (χ0v) is 7.78. The maximum absolute atomic E-state index is 13.2. The van der Waals surface area contributed by atoms with Crippen molar-refractivity contribution >= 4 is 0 Å². The Kier molecular flexibility index (Phi) is 4.10. The molecule has 0 aromatic heterocycles. The summed E-state index contributed by atoms with van der Waals surface area (Å²) in [5.41, 5.74) is 2.73. The first kappa shape index (κ1) is 9.54. The average molecular weight is 168 g/mol. The third kappa shape index (κ3) is 2.83. The molecular formula is C11H17F. The molecule has 0 unspecified atom stereocenters. The molecule has 0 saturated heterocycles. The van der Waals surface area contributed by atoms with E-state index < -0.39 is 0 Å². The van der Waals surface area contributed by atoms with E-state index in [9.17, 15) is 4.39 Å². The van der Waals surface area contributed by atoms with Gasteiger partial charge in [-0.25, -0.2) is 4.39 Å². The Morgan fingerprint density at radius 1 is 1.42 bits per heavy atom. The van der Waals surface area contributed by atoms with E-state index in [1.54, 1.807) is 6.08 Å². The van der Waals surface area contributed by atoms with E-state index in [2.05, 4.69) is 5.73 Å². The smallest absolute Gasteiger partial charge is 0.145 e. The van der Waals surface area contributed by atoms with Crippen molar-refractivity contribution in [1.82, 2.24) is 0 Å². The van der Waals surface area contributed by atoms with Crippen LogP contribution in [0.3, 0.4) is 0 Å². The zero-order valence-electron chi connectivity index (χ0n) is 7.78. The quantitative estimate of drug-likeness (QED) is 0.547. The molecule has 0 nitrogen and oxygen atoms in total. The third-order valence-electron chi connectivity index (χ3n) is 2.41. The van der Waals surface area contributed by atoms with Crippen molar-refractivity contribution < 1.29 is 4.39 Å². The minimum Gasteiger partial charge on any atom is -0.202 e. The van der Waals surface area contributed by atoms with Gasteiger partial charge in [0.15, 0.2) is 0 Å². The van der Waals surface area contributed by atoms with Crippen molar-refractivity contribution in [3.8, 4) is 0 Å². The summed E-state index contributed by atoms with van der Waals surface area (Å²) in [5.74, 6) is 0.165. The lowest BCUT2D eigenvalue weighted by molar-refractivity contribution is 0.348. The van der Waals surface area contributed by atoms with Gasteiger partial charge in [-0.15, -0.1) is 0 Å². The van der Waals surface area contributed by atoms with Gasteiger partial charge >= 0.3 is 0 Å². The fourth-order valence-electron chi connectivity index (χ4n) is 1.67. The summed E-state index contributed by atoms with van der Waals surface area (Å²) >= 11 is 0. The molecule has 0 aromatic rings. The van der Waals surface area contributed by atoms with E-state index in [0.29, 0.717) is 0 Å². The maximum atomic E-state index is 13.2. The topological polar surface area (TPSA) is 0 Å². The summed E-state index contributed by atoms with van der Waals surface area (Å²) in [4.78, 5) is 0. The second-order valence-electron chi connectivity index (χ2n) is 3.44. The minimum absolute atomic E-state index is 0.0171. The van der Waals surface area contributed by atoms with Crippen LogP contribution in [-0.2, 0) is 0 Å². The molecule has 1 aliphatic carbocycles. The van der Waals surface area contributed by atoms with Gasteiger partial charge in [-0.2, -0.15) is 0 Å². The third-order valence-corrected chi connectivity index (χ3v) is 2.41. The van der Waals surface area contributed by atoms with Gasteiger partial charge in [0.05, 0.1) is 0 Å². The van der Waals surface area contributed by atoms with Gasteiger partial charge in [-0.1, -0.05) is 31.9 Å². The molecule has 0 aromatic carbocycles. The first-order chi connectivity index (χ1) is 5.84. The Balaban J connectivity index is 2.49. The van der Waals surface area contributed by atoms with Crippen molar-refractivity contribution in [3.05, 3.63) is 17.6 Å². The Morgan fingerprint density at radius 3 is 2.67 bits per heavy atom. The van der Waals surface area contributed by atoms with E-state index >= 15 is 0 Å². The van der Waals surface area contributed by atoms with Gasteiger partial charge < -0.3 is 0 Å². The number of allylic oxidation sites excluding steroid dienone is 1. The fraction of sp³-hybridized carbons (Fsp3) is 0.727. The molecule has 1 aliphatic rings. The predicted octanol–water partition coefficient (Wildman–Crippen LogP) is 3.99. The van der Waals surface area contributed by atoms with Gasteiger partial charge in [-0.3, -0.25) is 0 Å². The van der Waals surface area contributed by atoms with Crippen molar-refractivity contribution in [2.24, 2.45) is 5.92 Å². The first-order valence-electron chi connectivity index (χ1n) is 4.95. The van der Waals surface area contributed by atoms with Gasteiger partial charge in [-0.05, 0) is 25.3 Å². The van der Waals surface area contributed by atoms with Crippen LogP contribution in [0.2, 0.25) is 0 Å². The minimum atomic E-state index is -0.0171. The lowest BCUT2D eigenvalue weighted by Gasteiger charge is -2.18. The van der Waals surface area contributed by atoms with Gasteiger partial charge in [0, 0.05) is 5.92 Å². The monoisotopic (exact) mass is 168 g/mol. The van der Waals surface area contributed by atoms with Crippen molar-refractivity contribution in [2.75, 3.05) is 0 Å². The molecule has 68 valence electrons. The van der Waals surface area contributed by atoms with Gasteiger partial charge in [0.2, 0.25) is 0 Å². The zero-order chi connectivity index (χ0) is 8.81. The Labute approximate surface area is 74.2 Å². The van der Waals surface area contributed by atoms with Crippen molar-refractivity contribution in [2.45, 2.75) is 45.4 Å². The molecule has 1 rings (SSSR count). The fourth-order valence-corrected chi connectivity index (χ4v) is 1.67. The van der Waals surface area contributed by atoms with Crippen LogP contribution in [0.15, 0.2) is 17.6 Å². The standard InChI is InChI=1S/C11H17F/c1-2-3-9-11(12)10-7-5-4-6-8-10/h3,10H,2,4-8H2,1H3. The molecule has 1 heteroatoms. The van der Waals surface area contributed by atoms with Gasteiger partial charge in [0.25, 0.3) is 0 Å². The average Bonchev–Trinajstić information content (AvgIpc) is 2.15. The number of hydrogen-bond donors (Lipinski definition) is 0. The molecule has 0 N–H and O–H groups in total. The van der Waals surface area contributed by atoms with Crippen LogP contribution in [0.4, 0.5) is 4.39 Å². The summed E-state index contributed by atoms with van der Waals surface area (Å²) in [5, 5.41) is 0. The summed E-state index contributed by atoms with van der Waals surface area (Å²) in [6, 6.07) is 0. The number of hydrogen-bond acceptors (Lipinski definition) is 0. The Hall–Kier alpha value is -0.550.